The highest BCUT2D eigenvalue weighted by Crippen LogP contribution is 2.33. The van der Waals surface area contributed by atoms with Crippen LogP contribution in [0.5, 0.6) is 5.75 Å². The average molecular weight is 309 g/mol. The van der Waals surface area contributed by atoms with Gasteiger partial charge in [-0.2, -0.15) is 0 Å². The third kappa shape index (κ3) is 2.81. The van der Waals surface area contributed by atoms with E-state index in [-0.39, 0.29) is 6.61 Å². The molecule has 2 heterocycles. The summed E-state index contributed by atoms with van der Waals surface area (Å²) in [4.78, 5) is 0. The Balaban J connectivity index is 1.79. The molecule has 0 radical (unpaired) electrons. The van der Waals surface area contributed by atoms with Crippen molar-refractivity contribution in [3.8, 4) is 5.75 Å². The summed E-state index contributed by atoms with van der Waals surface area (Å²) in [6, 6.07) is 6.07. The highest BCUT2D eigenvalue weighted by Gasteiger charge is 2.42. The third-order valence-electron chi connectivity index (χ3n) is 4.76. The van der Waals surface area contributed by atoms with E-state index in [0.29, 0.717) is 12.2 Å². The predicted octanol–water partition coefficient (Wildman–Crippen LogP) is 2.07. The SMILES string of the molecule is CC1(COc2cccc3c2CNCC3)CCCCS1(=O)=O. The zero-order valence-corrected chi connectivity index (χ0v) is 13.3. The summed E-state index contributed by atoms with van der Waals surface area (Å²) in [5, 5.41) is 3.35. The number of hydrogen-bond acceptors (Lipinski definition) is 4. The molecule has 2 aliphatic rings. The molecule has 0 aromatic heterocycles. The third-order valence-corrected chi connectivity index (χ3v) is 7.41. The Morgan fingerprint density at radius 2 is 2.19 bits per heavy atom. The number of rotatable bonds is 3. The number of hydrogen-bond donors (Lipinski definition) is 1. The molecule has 116 valence electrons. The van der Waals surface area contributed by atoms with E-state index >= 15 is 0 Å². The summed E-state index contributed by atoms with van der Waals surface area (Å²) in [6.07, 6.45) is 3.45. The van der Waals surface area contributed by atoms with Crippen LogP contribution in [-0.4, -0.2) is 32.1 Å². The number of ether oxygens (including phenoxy) is 1. The highest BCUT2D eigenvalue weighted by molar-refractivity contribution is 7.92. The van der Waals surface area contributed by atoms with Crippen molar-refractivity contribution in [1.29, 1.82) is 0 Å². The summed E-state index contributed by atoms with van der Waals surface area (Å²) in [7, 11) is -3.06. The van der Waals surface area contributed by atoms with Crippen molar-refractivity contribution in [3.05, 3.63) is 29.3 Å². The summed E-state index contributed by atoms with van der Waals surface area (Å²) in [6.45, 7) is 3.87. The number of nitrogens with one attached hydrogen (secondary N) is 1. The van der Waals surface area contributed by atoms with Gasteiger partial charge in [-0.15, -0.1) is 0 Å². The van der Waals surface area contributed by atoms with Crippen molar-refractivity contribution >= 4 is 9.84 Å². The van der Waals surface area contributed by atoms with Crippen molar-refractivity contribution < 1.29 is 13.2 Å². The topological polar surface area (TPSA) is 55.4 Å². The Morgan fingerprint density at radius 3 is 3.00 bits per heavy atom. The molecule has 1 atom stereocenters. The van der Waals surface area contributed by atoms with Crippen LogP contribution in [0.3, 0.4) is 0 Å². The van der Waals surface area contributed by atoms with Gasteiger partial charge in [-0.3, -0.25) is 0 Å². The molecule has 0 aliphatic carbocycles. The van der Waals surface area contributed by atoms with Gasteiger partial charge in [-0.25, -0.2) is 8.42 Å². The number of sulfone groups is 1. The van der Waals surface area contributed by atoms with E-state index in [1.54, 1.807) is 0 Å². The van der Waals surface area contributed by atoms with Crippen LogP contribution >= 0.6 is 0 Å². The Kier molecular flexibility index (Phi) is 3.97. The lowest BCUT2D eigenvalue weighted by atomic mass is 10.00. The van der Waals surface area contributed by atoms with Gasteiger partial charge in [0, 0.05) is 12.1 Å². The summed E-state index contributed by atoms with van der Waals surface area (Å²) in [5.41, 5.74) is 2.49. The zero-order chi connectivity index (χ0) is 14.9. The molecule has 1 unspecified atom stereocenters. The minimum absolute atomic E-state index is 0.256. The first kappa shape index (κ1) is 14.9. The van der Waals surface area contributed by atoms with Crippen LogP contribution in [0.4, 0.5) is 0 Å². The van der Waals surface area contributed by atoms with Gasteiger partial charge in [0.05, 0.1) is 5.75 Å². The molecule has 0 saturated carbocycles. The molecule has 1 aromatic carbocycles. The van der Waals surface area contributed by atoms with Crippen molar-refractivity contribution in [3.63, 3.8) is 0 Å². The summed E-state index contributed by atoms with van der Waals surface area (Å²) >= 11 is 0. The molecule has 4 nitrogen and oxygen atoms in total. The van der Waals surface area contributed by atoms with Gasteiger partial charge in [0.25, 0.3) is 0 Å². The van der Waals surface area contributed by atoms with Gasteiger partial charge in [0.15, 0.2) is 9.84 Å². The zero-order valence-electron chi connectivity index (χ0n) is 12.5. The lowest BCUT2D eigenvalue weighted by Crippen LogP contribution is -2.45. The molecule has 0 amide bonds. The Hall–Kier alpha value is -1.07. The van der Waals surface area contributed by atoms with Crippen LogP contribution in [0.15, 0.2) is 18.2 Å². The van der Waals surface area contributed by atoms with Gasteiger partial charge < -0.3 is 10.1 Å². The van der Waals surface area contributed by atoms with Gasteiger partial charge in [0.2, 0.25) is 0 Å². The van der Waals surface area contributed by atoms with E-state index in [1.165, 1.54) is 11.1 Å². The quantitative estimate of drug-likeness (QED) is 0.928. The molecule has 2 aliphatic heterocycles. The first-order chi connectivity index (χ1) is 10.0. The maximum atomic E-state index is 12.3. The van der Waals surface area contributed by atoms with Crippen LogP contribution in [0.2, 0.25) is 0 Å². The number of fused-ring (bicyclic) bond motifs is 1. The van der Waals surface area contributed by atoms with Crippen LogP contribution in [0, 0.1) is 0 Å². The van der Waals surface area contributed by atoms with Crippen molar-refractivity contribution in [2.75, 3.05) is 18.9 Å². The second-order valence-electron chi connectivity index (χ2n) is 6.34. The van der Waals surface area contributed by atoms with E-state index in [0.717, 1.165) is 38.1 Å². The summed E-state index contributed by atoms with van der Waals surface area (Å²) < 4.78 is 29.9. The lowest BCUT2D eigenvalue weighted by Gasteiger charge is -2.33. The Bertz CT molecular complexity index is 626. The molecule has 1 saturated heterocycles. The van der Waals surface area contributed by atoms with E-state index in [4.69, 9.17) is 4.74 Å². The maximum absolute atomic E-state index is 12.3. The van der Waals surface area contributed by atoms with Crippen molar-refractivity contribution in [1.82, 2.24) is 5.32 Å². The minimum atomic E-state index is -3.06. The fraction of sp³-hybridized carbons (Fsp3) is 0.625. The smallest absolute Gasteiger partial charge is 0.159 e. The molecule has 1 aromatic rings. The van der Waals surface area contributed by atoms with Crippen LogP contribution < -0.4 is 10.1 Å². The van der Waals surface area contributed by atoms with Gasteiger partial charge >= 0.3 is 0 Å². The van der Waals surface area contributed by atoms with Crippen LogP contribution in [-0.2, 0) is 22.8 Å². The fourth-order valence-corrected chi connectivity index (χ4v) is 4.97. The number of benzene rings is 1. The molecule has 3 rings (SSSR count). The van der Waals surface area contributed by atoms with E-state index < -0.39 is 14.6 Å². The largest absolute Gasteiger partial charge is 0.492 e. The standard InChI is InChI=1S/C16H23NO3S/c1-16(8-2-3-10-21(16,18)19)12-20-15-6-4-5-13-7-9-17-11-14(13)15/h4-6,17H,2-3,7-12H2,1H3. The molecule has 0 spiro atoms. The first-order valence-corrected chi connectivity index (χ1v) is 9.34. The molecule has 0 bridgehead atoms. The van der Waals surface area contributed by atoms with Gasteiger partial charge in [0.1, 0.15) is 17.1 Å². The minimum Gasteiger partial charge on any atom is -0.492 e. The van der Waals surface area contributed by atoms with E-state index in [2.05, 4.69) is 11.4 Å². The first-order valence-electron chi connectivity index (χ1n) is 7.68. The fourth-order valence-electron chi connectivity index (χ4n) is 3.20. The predicted molar refractivity (Wildman–Crippen MR) is 83.4 cm³/mol. The van der Waals surface area contributed by atoms with Crippen LogP contribution in [0.25, 0.3) is 0 Å². The maximum Gasteiger partial charge on any atom is 0.159 e. The van der Waals surface area contributed by atoms with E-state index in [1.807, 2.05) is 19.1 Å². The monoisotopic (exact) mass is 309 g/mol. The second-order valence-corrected chi connectivity index (χ2v) is 8.96. The molecule has 1 N–H and O–H groups in total. The van der Waals surface area contributed by atoms with Crippen LogP contribution in [0.1, 0.15) is 37.3 Å². The average Bonchev–Trinajstić information content (AvgIpc) is 2.48. The Labute approximate surface area is 126 Å². The molecule has 1 fully saturated rings. The van der Waals surface area contributed by atoms with E-state index in [9.17, 15) is 8.42 Å². The normalized spacial score (nSPS) is 27.9. The van der Waals surface area contributed by atoms with Crippen molar-refractivity contribution in [2.24, 2.45) is 0 Å². The molecule has 5 heteroatoms. The molecule has 21 heavy (non-hydrogen) atoms. The molecular weight excluding hydrogens is 286 g/mol. The lowest BCUT2D eigenvalue weighted by molar-refractivity contribution is 0.254. The Morgan fingerprint density at radius 1 is 1.33 bits per heavy atom. The van der Waals surface area contributed by atoms with Gasteiger partial charge in [-0.05, 0) is 44.4 Å². The summed E-state index contributed by atoms with van der Waals surface area (Å²) in [5.74, 6) is 1.13. The second kappa shape index (κ2) is 5.61. The highest BCUT2D eigenvalue weighted by atomic mass is 32.2. The van der Waals surface area contributed by atoms with Gasteiger partial charge in [-0.1, -0.05) is 18.6 Å². The molecular formula is C16H23NO3S. The van der Waals surface area contributed by atoms with Crippen molar-refractivity contribution in [2.45, 2.75) is 43.9 Å².